The number of piperidine rings is 1. The monoisotopic (exact) mass is 328 g/mol. The number of benzene rings is 1. The second-order valence-electron chi connectivity index (χ2n) is 5.41. The van der Waals surface area contributed by atoms with Crippen molar-refractivity contribution < 1.29 is 0 Å². The third-order valence-electron chi connectivity index (χ3n) is 4.07. The highest BCUT2D eigenvalue weighted by Crippen LogP contribution is 2.28. The number of hydrogen-bond acceptors (Lipinski definition) is 2. The molecular formula is C14H18BrClN2. The summed E-state index contributed by atoms with van der Waals surface area (Å²) in [6.07, 6.45) is 2.72. The van der Waals surface area contributed by atoms with Crippen LogP contribution in [0.1, 0.15) is 18.4 Å². The van der Waals surface area contributed by atoms with Crippen LogP contribution in [0.5, 0.6) is 0 Å². The molecule has 2 unspecified atom stereocenters. The van der Waals surface area contributed by atoms with Gasteiger partial charge in [-0.25, -0.2) is 0 Å². The summed E-state index contributed by atoms with van der Waals surface area (Å²) in [6.45, 7) is 4.62. The number of fused-ring (bicyclic) bond motifs is 1. The second-order valence-corrected chi connectivity index (χ2v) is 6.67. The maximum absolute atomic E-state index is 6.14. The number of likely N-dealkylation sites (tertiary alicyclic amines) is 1. The van der Waals surface area contributed by atoms with E-state index in [2.05, 4.69) is 38.3 Å². The Hall–Kier alpha value is -0.0900. The lowest BCUT2D eigenvalue weighted by Crippen LogP contribution is -2.40. The normalized spacial score (nSPS) is 28.3. The molecule has 1 N–H and O–H groups in total. The Balaban J connectivity index is 1.64. The molecule has 1 aromatic carbocycles. The minimum absolute atomic E-state index is 0.713. The van der Waals surface area contributed by atoms with Gasteiger partial charge in [0, 0.05) is 30.1 Å². The highest BCUT2D eigenvalue weighted by molar-refractivity contribution is 9.10. The smallest absolute Gasteiger partial charge is 0.0551 e. The van der Waals surface area contributed by atoms with Gasteiger partial charge in [0.2, 0.25) is 0 Å². The molecule has 18 heavy (non-hydrogen) atoms. The summed E-state index contributed by atoms with van der Waals surface area (Å²) in [6, 6.07) is 6.98. The lowest BCUT2D eigenvalue weighted by molar-refractivity contribution is 0.312. The van der Waals surface area contributed by atoms with Crippen LogP contribution in [0.3, 0.4) is 0 Å². The molecule has 2 aliphatic heterocycles. The van der Waals surface area contributed by atoms with Gasteiger partial charge < -0.3 is 5.32 Å². The predicted molar refractivity (Wildman–Crippen MR) is 78.9 cm³/mol. The van der Waals surface area contributed by atoms with Crippen LogP contribution in [0.4, 0.5) is 0 Å². The number of rotatable bonds is 2. The van der Waals surface area contributed by atoms with Gasteiger partial charge in [-0.1, -0.05) is 17.7 Å². The minimum Gasteiger partial charge on any atom is -0.312 e. The Bertz CT molecular complexity index is 424. The maximum atomic E-state index is 6.14. The van der Waals surface area contributed by atoms with Crippen LogP contribution >= 0.6 is 27.5 Å². The molecule has 2 saturated heterocycles. The molecule has 98 valence electrons. The van der Waals surface area contributed by atoms with Crippen molar-refractivity contribution >= 4 is 27.5 Å². The van der Waals surface area contributed by atoms with E-state index in [4.69, 9.17) is 11.6 Å². The van der Waals surface area contributed by atoms with Gasteiger partial charge in [0.15, 0.2) is 0 Å². The summed E-state index contributed by atoms with van der Waals surface area (Å²) in [4.78, 5) is 2.55. The molecule has 0 bridgehead atoms. The molecule has 1 aromatic rings. The van der Waals surface area contributed by atoms with Gasteiger partial charge in [-0.15, -0.1) is 0 Å². The fourth-order valence-corrected chi connectivity index (χ4v) is 3.61. The van der Waals surface area contributed by atoms with Crippen LogP contribution in [0, 0.1) is 5.92 Å². The quantitative estimate of drug-likeness (QED) is 0.896. The minimum atomic E-state index is 0.713. The molecule has 2 heterocycles. The summed E-state index contributed by atoms with van der Waals surface area (Å²) in [5.74, 6) is 0.852. The van der Waals surface area contributed by atoms with Crippen LogP contribution in [-0.2, 0) is 6.54 Å². The van der Waals surface area contributed by atoms with Gasteiger partial charge in [-0.2, -0.15) is 0 Å². The van der Waals surface area contributed by atoms with Gasteiger partial charge in [0.05, 0.1) is 5.02 Å². The third kappa shape index (κ3) is 2.74. The van der Waals surface area contributed by atoms with E-state index in [0.29, 0.717) is 6.04 Å². The molecule has 0 spiro atoms. The molecule has 0 amide bonds. The zero-order valence-electron chi connectivity index (χ0n) is 10.3. The number of halogens is 2. The van der Waals surface area contributed by atoms with Crippen molar-refractivity contribution in [3.63, 3.8) is 0 Å². The summed E-state index contributed by atoms with van der Waals surface area (Å²) in [7, 11) is 0. The lowest BCUT2D eigenvalue weighted by Gasteiger charge is -2.24. The average molecular weight is 330 g/mol. The molecule has 0 aromatic heterocycles. The maximum Gasteiger partial charge on any atom is 0.0551 e. The van der Waals surface area contributed by atoms with Crippen molar-refractivity contribution in [3.05, 3.63) is 33.3 Å². The van der Waals surface area contributed by atoms with Crippen molar-refractivity contribution in [1.82, 2.24) is 10.2 Å². The van der Waals surface area contributed by atoms with Crippen LogP contribution in [0.2, 0.25) is 5.02 Å². The fourth-order valence-electron chi connectivity index (χ4n) is 3.16. The van der Waals surface area contributed by atoms with Crippen molar-refractivity contribution in [1.29, 1.82) is 0 Å². The average Bonchev–Trinajstić information content (AvgIpc) is 2.76. The Morgan fingerprint density at radius 1 is 1.39 bits per heavy atom. The molecule has 0 radical (unpaired) electrons. The zero-order valence-corrected chi connectivity index (χ0v) is 12.7. The summed E-state index contributed by atoms with van der Waals surface area (Å²) < 4.78 is 0.977. The number of hydrogen-bond donors (Lipinski definition) is 1. The SMILES string of the molecule is Clc1cc(CN2CC3CCCNC3C2)ccc1Br. The molecule has 0 aliphatic carbocycles. The first-order valence-electron chi connectivity index (χ1n) is 6.62. The van der Waals surface area contributed by atoms with Gasteiger partial charge >= 0.3 is 0 Å². The van der Waals surface area contributed by atoms with Crippen LogP contribution in [0.15, 0.2) is 22.7 Å². The molecule has 2 aliphatic rings. The van der Waals surface area contributed by atoms with E-state index in [-0.39, 0.29) is 0 Å². The van der Waals surface area contributed by atoms with Gasteiger partial charge in [0.25, 0.3) is 0 Å². The molecule has 4 heteroatoms. The van der Waals surface area contributed by atoms with E-state index in [9.17, 15) is 0 Å². The largest absolute Gasteiger partial charge is 0.312 e. The fraction of sp³-hybridized carbons (Fsp3) is 0.571. The second kappa shape index (κ2) is 5.49. The first-order chi connectivity index (χ1) is 8.72. The predicted octanol–water partition coefficient (Wildman–Crippen LogP) is 3.29. The Kier molecular flexibility index (Phi) is 3.94. The van der Waals surface area contributed by atoms with Crippen molar-refractivity contribution in [2.45, 2.75) is 25.4 Å². The van der Waals surface area contributed by atoms with E-state index < -0.39 is 0 Å². The van der Waals surface area contributed by atoms with Crippen LogP contribution in [-0.4, -0.2) is 30.6 Å². The van der Waals surface area contributed by atoms with E-state index in [1.165, 1.54) is 38.0 Å². The van der Waals surface area contributed by atoms with Crippen molar-refractivity contribution in [2.24, 2.45) is 5.92 Å². The van der Waals surface area contributed by atoms with Crippen molar-refractivity contribution in [3.8, 4) is 0 Å². The van der Waals surface area contributed by atoms with E-state index >= 15 is 0 Å². The molecule has 2 atom stereocenters. The molecule has 3 rings (SSSR count). The van der Waals surface area contributed by atoms with E-state index in [1.807, 2.05) is 6.07 Å². The van der Waals surface area contributed by atoms with Gasteiger partial charge in [-0.3, -0.25) is 4.90 Å². The van der Waals surface area contributed by atoms with Crippen LogP contribution < -0.4 is 5.32 Å². The molecule has 2 fully saturated rings. The Morgan fingerprint density at radius 2 is 2.28 bits per heavy atom. The number of nitrogens with zero attached hydrogens (tertiary/aromatic N) is 1. The lowest BCUT2D eigenvalue weighted by atomic mass is 9.94. The first-order valence-corrected chi connectivity index (χ1v) is 7.79. The standard InChI is InChI=1S/C14H18BrClN2/c15-12-4-3-10(6-13(12)16)7-18-8-11-2-1-5-17-14(11)9-18/h3-4,6,11,14,17H,1-2,5,7-9H2. The first kappa shape index (κ1) is 12.9. The summed E-state index contributed by atoms with van der Waals surface area (Å²) in [5, 5.41) is 4.45. The molecule has 0 saturated carbocycles. The number of nitrogens with one attached hydrogen (secondary N) is 1. The Morgan fingerprint density at radius 3 is 3.06 bits per heavy atom. The van der Waals surface area contributed by atoms with Crippen molar-refractivity contribution in [2.75, 3.05) is 19.6 Å². The summed E-state index contributed by atoms with van der Waals surface area (Å²) >= 11 is 9.58. The summed E-state index contributed by atoms with van der Waals surface area (Å²) in [5.41, 5.74) is 1.31. The molecule has 2 nitrogen and oxygen atoms in total. The topological polar surface area (TPSA) is 15.3 Å². The van der Waals surface area contributed by atoms with Gasteiger partial charge in [0.1, 0.15) is 0 Å². The highest BCUT2D eigenvalue weighted by Gasteiger charge is 2.33. The Labute approximate surface area is 122 Å². The molecular weight excluding hydrogens is 312 g/mol. The van der Waals surface area contributed by atoms with Crippen LogP contribution in [0.25, 0.3) is 0 Å². The van der Waals surface area contributed by atoms with E-state index in [1.54, 1.807) is 0 Å². The van der Waals surface area contributed by atoms with E-state index in [0.717, 1.165) is 22.0 Å². The zero-order chi connectivity index (χ0) is 12.5. The third-order valence-corrected chi connectivity index (χ3v) is 5.30. The van der Waals surface area contributed by atoms with Gasteiger partial charge in [-0.05, 0) is 58.9 Å². The highest BCUT2D eigenvalue weighted by atomic mass is 79.9.